The van der Waals surface area contributed by atoms with Crippen LogP contribution in [0.5, 0.6) is 0 Å². The molecule has 6 heteroatoms. The van der Waals surface area contributed by atoms with Gasteiger partial charge in [-0.3, -0.25) is 4.79 Å². The molecule has 0 amide bonds. The predicted molar refractivity (Wildman–Crippen MR) is 51.1 cm³/mol. The summed E-state index contributed by atoms with van der Waals surface area (Å²) in [4.78, 5) is 18.5. The topological polar surface area (TPSA) is 102 Å². The minimum atomic E-state index is -1.08. The van der Waals surface area contributed by atoms with Gasteiger partial charge in [-0.2, -0.15) is 0 Å². The Bertz CT molecular complexity index is 461. The van der Waals surface area contributed by atoms with Gasteiger partial charge in [0.2, 0.25) is 5.71 Å². The number of aromatic nitrogens is 2. The van der Waals surface area contributed by atoms with Crippen LogP contribution in [0.4, 0.5) is 0 Å². The van der Waals surface area contributed by atoms with Gasteiger partial charge in [-0.25, -0.2) is 9.97 Å². The first-order valence-electron chi connectivity index (χ1n) is 4.35. The van der Waals surface area contributed by atoms with E-state index in [-0.39, 0.29) is 6.42 Å². The van der Waals surface area contributed by atoms with E-state index in [0.29, 0.717) is 17.1 Å². The molecule has 0 bridgehead atoms. The predicted octanol–water partition coefficient (Wildman–Crippen LogP) is 0.177. The normalized spacial score (nSPS) is 12.9. The molecule has 15 heavy (non-hydrogen) atoms. The molecule has 3 N–H and O–H groups in total. The van der Waals surface area contributed by atoms with Crippen molar-refractivity contribution < 1.29 is 14.3 Å². The molecule has 2 aromatic heterocycles. The van der Waals surface area contributed by atoms with Crippen molar-refractivity contribution in [2.24, 2.45) is 5.73 Å². The lowest BCUT2D eigenvalue weighted by Crippen LogP contribution is -2.32. The Labute approximate surface area is 84.7 Å². The molecular formula is C9H9N3O3. The summed E-state index contributed by atoms with van der Waals surface area (Å²) in [6, 6.07) is 2.46. The first-order valence-corrected chi connectivity index (χ1v) is 4.35. The second kappa shape index (κ2) is 3.66. The highest BCUT2D eigenvalue weighted by Crippen LogP contribution is 2.12. The van der Waals surface area contributed by atoms with E-state index in [1.165, 1.54) is 0 Å². The maximum absolute atomic E-state index is 10.5. The number of fused-ring (bicyclic) bond motifs is 1. The number of nitrogens with zero attached hydrogens (tertiary/aromatic N) is 2. The molecule has 2 rings (SSSR count). The molecule has 0 aliphatic heterocycles. The molecule has 0 aromatic carbocycles. The molecule has 0 fully saturated rings. The Hall–Kier alpha value is -1.95. The lowest BCUT2D eigenvalue weighted by Gasteiger charge is -2.00. The quantitative estimate of drug-likeness (QED) is 0.744. The number of rotatable bonds is 3. The largest absolute Gasteiger partial charge is 0.480 e. The fraction of sp³-hybridized carbons (Fsp3) is 0.222. The van der Waals surface area contributed by atoms with Crippen LogP contribution in [0.2, 0.25) is 0 Å². The zero-order valence-electron chi connectivity index (χ0n) is 7.75. The van der Waals surface area contributed by atoms with Crippen molar-refractivity contribution >= 4 is 17.2 Å². The summed E-state index contributed by atoms with van der Waals surface area (Å²) in [5.74, 6) is -0.788. The summed E-state index contributed by atoms with van der Waals surface area (Å²) in [6.45, 7) is 0. The monoisotopic (exact) mass is 207 g/mol. The first kappa shape index (κ1) is 9.60. The second-order valence-corrected chi connectivity index (χ2v) is 3.08. The van der Waals surface area contributed by atoms with Crippen LogP contribution in [0.25, 0.3) is 11.2 Å². The summed E-state index contributed by atoms with van der Waals surface area (Å²) in [6.07, 6.45) is 1.64. The maximum atomic E-state index is 10.5. The van der Waals surface area contributed by atoms with Gasteiger partial charge in [0.25, 0.3) is 0 Å². The van der Waals surface area contributed by atoms with Gasteiger partial charge in [0, 0.05) is 6.20 Å². The average molecular weight is 207 g/mol. The molecule has 6 nitrogen and oxygen atoms in total. The summed E-state index contributed by atoms with van der Waals surface area (Å²) in [7, 11) is 0. The molecular weight excluding hydrogens is 198 g/mol. The van der Waals surface area contributed by atoms with E-state index in [1.54, 1.807) is 18.3 Å². The zero-order chi connectivity index (χ0) is 10.8. The van der Waals surface area contributed by atoms with E-state index in [4.69, 9.17) is 15.3 Å². The Morgan fingerprint density at radius 2 is 2.47 bits per heavy atom. The average Bonchev–Trinajstić information content (AvgIpc) is 2.59. The molecule has 0 radical (unpaired) electrons. The van der Waals surface area contributed by atoms with Gasteiger partial charge in [-0.1, -0.05) is 0 Å². The van der Waals surface area contributed by atoms with E-state index in [0.717, 1.165) is 0 Å². The number of aliphatic carboxylic acids is 1. The minimum absolute atomic E-state index is 0.0612. The van der Waals surface area contributed by atoms with Crippen LogP contribution in [0.15, 0.2) is 22.7 Å². The van der Waals surface area contributed by atoms with Gasteiger partial charge in [0.1, 0.15) is 11.6 Å². The number of carboxylic acid groups (broad SMARTS) is 1. The van der Waals surface area contributed by atoms with Crippen molar-refractivity contribution in [1.29, 1.82) is 0 Å². The van der Waals surface area contributed by atoms with Crippen molar-refractivity contribution in [2.45, 2.75) is 12.5 Å². The third kappa shape index (κ3) is 1.94. The Kier molecular flexibility index (Phi) is 2.34. The van der Waals surface area contributed by atoms with Crippen LogP contribution in [0.3, 0.4) is 0 Å². The third-order valence-electron chi connectivity index (χ3n) is 1.92. The zero-order valence-corrected chi connectivity index (χ0v) is 7.75. The second-order valence-electron chi connectivity index (χ2n) is 3.08. The number of carboxylic acids is 1. The van der Waals surface area contributed by atoms with Crippen LogP contribution < -0.4 is 5.73 Å². The van der Waals surface area contributed by atoms with Gasteiger partial charge in [-0.15, -0.1) is 0 Å². The number of oxazole rings is 1. The fourth-order valence-corrected chi connectivity index (χ4v) is 1.18. The number of nitrogens with two attached hydrogens (primary N) is 1. The fourth-order valence-electron chi connectivity index (χ4n) is 1.18. The molecule has 1 atom stereocenters. The molecule has 0 saturated heterocycles. The molecule has 2 heterocycles. The number of hydrogen-bond acceptors (Lipinski definition) is 5. The van der Waals surface area contributed by atoms with E-state index in [1.807, 2.05) is 0 Å². The minimum Gasteiger partial charge on any atom is -0.480 e. The van der Waals surface area contributed by atoms with Crippen LogP contribution in [-0.2, 0) is 11.2 Å². The van der Waals surface area contributed by atoms with Gasteiger partial charge in [0.05, 0.1) is 6.42 Å². The SMILES string of the molecule is NC(Cc1nc2cccnc2o1)C(=O)O. The van der Waals surface area contributed by atoms with Gasteiger partial charge < -0.3 is 15.3 Å². The number of carbonyl (C=O) groups is 1. The molecule has 78 valence electrons. The molecule has 0 aliphatic carbocycles. The van der Waals surface area contributed by atoms with Crippen molar-refractivity contribution in [3.05, 3.63) is 24.2 Å². The smallest absolute Gasteiger partial charge is 0.321 e. The molecule has 0 aliphatic rings. The number of hydrogen-bond donors (Lipinski definition) is 2. The van der Waals surface area contributed by atoms with E-state index >= 15 is 0 Å². The highest BCUT2D eigenvalue weighted by Gasteiger charge is 2.16. The lowest BCUT2D eigenvalue weighted by molar-refractivity contribution is -0.138. The van der Waals surface area contributed by atoms with Gasteiger partial charge in [0.15, 0.2) is 5.89 Å². The standard InChI is InChI=1S/C9H9N3O3/c10-5(9(13)14)4-7-12-6-2-1-3-11-8(6)15-7/h1-3,5H,4,10H2,(H,13,14). The lowest BCUT2D eigenvalue weighted by atomic mass is 10.2. The molecule has 1 unspecified atom stereocenters. The van der Waals surface area contributed by atoms with Gasteiger partial charge >= 0.3 is 5.97 Å². The van der Waals surface area contributed by atoms with Crippen molar-refractivity contribution in [1.82, 2.24) is 9.97 Å². The highest BCUT2D eigenvalue weighted by atomic mass is 16.4. The van der Waals surface area contributed by atoms with Crippen LogP contribution in [0.1, 0.15) is 5.89 Å². The summed E-state index contributed by atoms with van der Waals surface area (Å²) in [5, 5.41) is 8.61. The maximum Gasteiger partial charge on any atom is 0.321 e. The van der Waals surface area contributed by atoms with E-state index < -0.39 is 12.0 Å². The van der Waals surface area contributed by atoms with Crippen LogP contribution >= 0.6 is 0 Å². The molecule has 0 spiro atoms. The Morgan fingerprint density at radius 3 is 3.13 bits per heavy atom. The van der Waals surface area contributed by atoms with Crippen molar-refractivity contribution in [3.63, 3.8) is 0 Å². The third-order valence-corrected chi connectivity index (χ3v) is 1.92. The number of pyridine rings is 1. The molecule has 2 aromatic rings. The van der Waals surface area contributed by atoms with Crippen LogP contribution in [0, 0.1) is 0 Å². The first-order chi connectivity index (χ1) is 7.16. The summed E-state index contributed by atoms with van der Waals surface area (Å²) >= 11 is 0. The summed E-state index contributed by atoms with van der Waals surface area (Å²) in [5.41, 5.74) is 6.35. The highest BCUT2D eigenvalue weighted by molar-refractivity contribution is 5.73. The van der Waals surface area contributed by atoms with E-state index in [9.17, 15) is 4.79 Å². The van der Waals surface area contributed by atoms with Gasteiger partial charge in [-0.05, 0) is 12.1 Å². The van der Waals surface area contributed by atoms with Crippen molar-refractivity contribution in [3.8, 4) is 0 Å². The van der Waals surface area contributed by atoms with E-state index in [2.05, 4.69) is 9.97 Å². The Morgan fingerprint density at radius 1 is 1.67 bits per heavy atom. The summed E-state index contributed by atoms with van der Waals surface area (Å²) < 4.78 is 5.22. The van der Waals surface area contributed by atoms with Crippen molar-refractivity contribution in [2.75, 3.05) is 0 Å². The Balaban J connectivity index is 2.26. The molecule has 0 saturated carbocycles. The van der Waals surface area contributed by atoms with Crippen LogP contribution in [-0.4, -0.2) is 27.1 Å².